The number of rotatable bonds is 5. The van der Waals surface area contributed by atoms with E-state index in [0.717, 1.165) is 18.6 Å². The van der Waals surface area contributed by atoms with E-state index in [1.54, 1.807) is 0 Å². The summed E-state index contributed by atoms with van der Waals surface area (Å²) in [5.41, 5.74) is -0.140. The van der Waals surface area contributed by atoms with Crippen molar-refractivity contribution in [2.24, 2.45) is 5.92 Å². The minimum absolute atomic E-state index is 0.140. The van der Waals surface area contributed by atoms with Gasteiger partial charge in [-0.25, -0.2) is 8.78 Å². The van der Waals surface area contributed by atoms with Gasteiger partial charge in [-0.05, 0) is 18.6 Å². The number of carbonyl (C=O) groups is 1. The molecule has 0 amide bonds. The zero-order chi connectivity index (χ0) is 13.0. The lowest BCUT2D eigenvalue weighted by Crippen LogP contribution is -2.16. The smallest absolute Gasteiger partial charge is 0.191 e. The molecule has 1 fully saturated rings. The zero-order valence-electron chi connectivity index (χ0n) is 9.83. The number of ketones is 1. The van der Waals surface area contributed by atoms with Crippen molar-refractivity contribution in [2.75, 3.05) is 26.4 Å². The molecule has 1 aliphatic heterocycles. The van der Waals surface area contributed by atoms with Gasteiger partial charge in [0.2, 0.25) is 0 Å². The monoisotopic (exact) mass is 256 g/mol. The van der Waals surface area contributed by atoms with Gasteiger partial charge in [0.25, 0.3) is 0 Å². The SMILES string of the molecule is O=C(COCC1CCOC1)c1ccc(F)cc1F. The number of hydrogen-bond donors (Lipinski definition) is 0. The summed E-state index contributed by atoms with van der Waals surface area (Å²) in [6, 6.07) is 2.88. The van der Waals surface area contributed by atoms with Gasteiger partial charge in [-0.15, -0.1) is 0 Å². The van der Waals surface area contributed by atoms with Crippen molar-refractivity contribution >= 4 is 5.78 Å². The molecule has 0 bridgehead atoms. The number of carbonyl (C=O) groups excluding carboxylic acids is 1. The molecule has 18 heavy (non-hydrogen) atoms. The van der Waals surface area contributed by atoms with Crippen molar-refractivity contribution in [3.8, 4) is 0 Å². The van der Waals surface area contributed by atoms with E-state index in [2.05, 4.69) is 0 Å². The molecule has 1 unspecified atom stereocenters. The van der Waals surface area contributed by atoms with Crippen LogP contribution in [0.1, 0.15) is 16.8 Å². The molecule has 0 radical (unpaired) electrons. The van der Waals surface area contributed by atoms with Gasteiger partial charge in [0.15, 0.2) is 5.78 Å². The first-order chi connectivity index (χ1) is 8.66. The normalized spacial score (nSPS) is 19.1. The summed E-state index contributed by atoms with van der Waals surface area (Å²) < 4.78 is 36.4. The van der Waals surface area contributed by atoms with E-state index in [-0.39, 0.29) is 12.2 Å². The van der Waals surface area contributed by atoms with E-state index in [0.29, 0.717) is 31.8 Å². The Morgan fingerprint density at radius 2 is 2.28 bits per heavy atom. The van der Waals surface area contributed by atoms with Gasteiger partial charge in [0.1, 0.15) is 18.2 Å². The van der Waals surface area contributed by atoms with Gasteiger partial charge < -0.3 is 9.47 Å². The molecule has 0 spiro atoms. The van der Waals surface area contributed by atoms with E-state index in [1.165, 1.54) is 0 Å². The predicted octanol–water partition coefficient (Wildman–Crippen LogP) is 2.20. The third-order valence-corrected chi connectivity index (χ3v) is 2.84. The summed E-state index contributed by atoms with van der Waals surface area (Å²) in [5, 5.41) is 0. The second kappa shape index (κ2) is 6.02. The first kappa shape index (κ1) is 13.1. The Hall–Kier alpha value is -1.33. The standard InChI is InChI=1S/C13H14F2O3/c14-10-1-2-11(12(15)5-10)13(16)8-18-7-9-3-4-17-6-9/h1-2,5,9H,3-4,6-8H2. The number of benzene rings is 1. The van der Waals surface area contributed by atoms with Crippen LogP contribution in [0.5, 0.6) is 0 Å². The Bertz CT molecular complexity index is 428. The largest absolute Gasteiger partial charge is 0.381 e. The van der Waals surface area contributed by atoms with Gasteiger partial charge in [-0.1, -0.05) is 0 Å². The van der Waals surface area contributed by atoms with Crippen molar-refractivity contribution in [1.82, 2.24) is 0 Å². The lowest BCUT2D eigenvalue weighted by atomic mass is 10.1. The number of ether oxygens (including phenoxy) is 2. The molecule has 1 saturated heterocycles. The van der Waals surface area contributed by atoms with E-state index in [9.17, 15) is 13.6 Å². The lowest BCUT2D eigenvalue weighted by molar-refractivity contribution is 0.0648. The Morgan fingerprint density at radius 3 is 2.94 bits per heavy atom. The zero-order valence-corrected chi connectivity index (χ0v) is 9.83. The predicted molar refractivity (Wildman–Crippen MR) is 60.4 cm³/mol. The maximum Gasteiger partial charge on any atom is 0.191 e. The highest BCUT2D eigenvalue weighted by Crippen LogP contribution is 2.13. The van der Waals surface area contributed by atoms with E-state index in [4.69, 9.17) is 9.47 Å². The van der Waals surface area contributed by atoms with Crippen molar-refractivity contribution in [3.63, 3.8) is 0 Å². The Labute approximate surface area is 104 Å². The molecule has 2 rings (SSSR count). The average molecular weight is 256 g/mol. The van der Waals surface area contributed by atoms with Crippen LogP contribution in [0.15, 0.2) is 18.2 Å². The van der Waals surface area contributed by atoms with Crippen LogP contribution in [-0.4, -0.2) is 32.2 Å². The van der Waals surface area contributed by atoms with Crippen LogP contribution in [0.3, 0.4) is 0 Å². The minimum Gasteiger partial charge on any atom is -0.381 e. The summed E-state index contributed by atoms with van der Waals surface area (Å²) in [6.07, 6.45) is 0.916. The van der Waals surface area contributed by atoms with Crippen molar-refractivity contribution in [1.29, 1.82) is 0 Å². The van der Waals surface area contributed by atoms with Crippen LogP contribution in [0, 0.1) is 17.6 Å². The number of Topliss-reactive ketones (excluding diaryl/α,β-unsaturated/α-hetero) is 1. The highest BCUT2D eigenvalue weighted by molar-refractivity contribution is 5.97. The summed E-state index contributed by atoms with van der Waals surface area (Å²) in [4.78, 5) is 11.6. The maximum absolute atomic E-state index is 13.3. The van der Waals surface area contributed by atoms with Crippen LogP contribution in [0.2, 0.25) is 0 Å². The van der Waals surface area contributed by atoms with Crippen LogP contribution in [0.25, 0.3) is 0 Å². The molecule has 1 heterocycles. The third kappa shape index (κ3) is 3.34. The number of hydrogen-bond acceptors (Lipinski definition) is 3. The molecule has 1 aromatic carbocycles. The fourth-order valence-corrected chi connectivity index (χ4v) is 1.83. The van der Waals surface area contributed by atoms with Gasteiger partial charge in [0, 0.05) is 18.6 Å². The molecule has 1 aliphatic rings. The molecule has 0 aromatic heterocycles. The van der Waals surface area contributed by atoms with Crippen LogP contribution in [-0.2, 0) is 9.47 Å². The molecule has 98 valence electrons. The number of halogens is 2. The Morgan fingerprint density at radius 1 is 1.44 bits per heavy atom. The Kier molecular flexibility index (Phi) is 4.38. The molecule has 1 atom stereocenters. The van der Waals surface area contributed by atoms with Crippen LogP contribution >= 0.6 is 0 Å². The van der Waals surface area contributed by atoms with Crippen molar-refractivity contribution in [2.45, 2.75) is 6.42 Å². The first-order valence-electron chi connectivity index (χ1n) is 5.80. The van der Waals surface area contributed by atoms with Crippen LogP contribution < -0.4 is 0 Å². The van der Waals surface area contributed by atoms with E-state index < -0.39 is 17.4 Å². The Balaban J connectivity index is 1.83. The quantitative estimate of drug-likeness (QED) is 0.758. The lowest BCUT2D eigenvalue weighted by Gasteiger charge is -2.08. The van der Waals surface area contributed by atoms with E-state index >= 15 is 0 Å². The molecule has 0 N–H and O–H groups in total. The highest BCUT2D eigenvalue weighted by Gasteiger charge is 2.17. The molecule has 3 nitrogen and oxygen atoms in total. The first-order valence-corrected chi connectivity index (χ1v) is 5.80. The molecule has 0 saturated carbocycles. The van der Waals surface area contributed by atoms with Crippen LogP contribution in [0.4, 0.5) is 8.78 Å². The summed E-state index contributed by atoms with van der Waals surface area (Å²) in [5.74, 6) is -1.73. The van der Waals surface area contributed by atoms with Gasteiger partial charge >= 0.3 is 0 Å². The van der Waals surface area contributed by atoms with Crippen molar-refractivity contribution in [3.05, 3.63) is 35.4 Å². The van der Waals surface area contributed by atoms with Gasteiger partial charge in [-0.3, -0.25) is 4.79 Å². The fourth-order valence-electron chi connectivity index (χ4n) is 1.83. The molecule has 0 aliphatic carbocycles. The summed E-state index contributed by atoms with van der Waals surface area (Å²) in [6.45, 7) is 1.58. The van der Waals surface area contributed by atoms with E-state index in [1.807, 2.05) is 0 Å². The second-order valence-electron chi connectivity index (χ2n) is 4.29. The summed E-state index contributed by atoms with van der Waals surface area (Å²) >= 11 is 0. The highest BCUT2D eigenvalue weighted by atomic mass is 19.1. The molecule has 5 heteroatoms. The maximum atomic E-state index is 13.3. The summed E-state index contributed by atoms with van der Waals surface area (Å²) in [7, 11) is 0. The molecule has 1 aromatic rings. The molecular weight excluding hydrogens is 242 g/mol. The van der Waals surface area contributed by atoms with Crippen molar-refractivity contribution < 1.29 is 23.0 Å². The fraction of sp³-hybridized carbons (Fsp3) is 0.462. The topological polar surface area (TPSA) is 35.5 Å². The van der Waals surface area contributed by atoms with Gasteiger partial charge in [0.05, 0.1) is 18.8 Å². The third-order valence-electron chi connectivity index (χ3n) is 2.84. The average Bonchev–Trinajstić information content (AvgIpc) is 2.81. The second-order valence-corrected chi connectivity index (χ2v) is 4.29. The minimum atomic E-state index is -0.854. The van der Waals surface area contributed by atoms with Gasteiger partial charge in [-0.2, -0.15) is 0 Å². The molecular formula is C13H14F2O3.